The smallest absolute Gasteiger partial charge is 0.411 e. The predicted molar refractivity (Wildman–Crippen MR) is 172 cm³/mol. The number of nitrogens with one attached hydrogen (secondary N) is 3. The Labute approximate surface area is 260 Å². The van der Waals surface area contributed by atoms with E-state index in [2.05, 4.69) is 32.0 Å². The molecule has 0 spiro atoms. The maximum atomic E-state index is 13.6. The van der Waals surface area contributed by atoms with Gasteiger partial charge in [-0.05, 0) is 98.5 Å². The third kappa shape index (κ3) is 9.48. The molecule has 1 aromatic heterocycles. The lowest BCUT2D eigenvalue weighted by Gasteiger charge is -2.28. The third-order valence-corrected chi connectivity index (χ3v) is 13.7. The number of ether oxygens (including phenoxy) is 2. The molecule has 43 heavy (non-hydrogen) atoms. The summed E-state index contributed by atoms with van der Waals surface area (Å²) in [6, 6.07) is 6.07. The van der Waals surface area contributed by atoms with Gasteiger partial charge in [-0.3, -0.25) is 5.32 Å². The number of carbonyl (C=O) groups excluding carboxylic acids is 2. The number of rotatable bonds is 9. The molecular weight excluding hydrogens is 607 g/mol. The minimum Gasteiger partial charge on any atom is -0.452 e. The van der Waals surface area contributed by atoms with Gasteiger partial charge in [-0.1, -0.05) is 6.07 Å². The lowest BCUT2D eigenvalue weighted by molar-refractivity contribution is 0.109. The van der Waals surface area contributed by atoms with Gasteiger partial charge >= 0.3 is 12.2 Å². The average Bonchev–Trinajstić information content (AvgIpc) is 3.55. The van der Waals surface area contributed by atoms with E-state index in [1.165, 1.54) is 17.4 Å². The van der Waals surface area contributed by atoms with Crippen LogP contribution in [-0.4, -0.2) is 76.6 Å². The van der Waals surface area contributed by atoms with Crippen LogP contribution in [0.5, 0.6) is 0 Å². The van der Waals surface area contributed by atoms with Crippen LogP contribution in [0.1, 0.15) is 77.6 Å². The molecule has 238 valence electrons. The van der Waals surface area contributed by atoms with Crippen molar-refractivity contribution in [2.24, 2.45) is 0 Å². The number of thiazole rings is 1. The zero-order valence-electron chi connectivity index (χ0n) is 25.9. The first-order chi connectivity index (χ1) is 20.2. The monoisotopic (exact) mass is 651 g/mol. The van der Waals surface area contributed by atoms with E-state index in [1.807, 2.05) is 13.8 Å². The number of aromatic nitrogens is 1. The molecule has 0 bridgehead atoms. The molecule has 1 saturated heterocycles. The second-order valence-corrected chi connectivity index (χ2v) is 18.6. The number of anilines is 1. The lowest BCUT2D eigenvalue weighted by Crippen LogP contribution is -2.40. The lowest BCUT2D eigenvalue weighted by atomic mass is 9.86. The van der Waals surface area contributed by atoms with Crippen molar-refractivity contribution < 1.29 is 27.5 Å². The van der Waals surface area contributed by atoms with Crippen LogP contribution in [0.3, 0.4) is 0 Å². The van der Waals surface area contributed by atoms with E-state index in [-0.39, 0.29) is 29.1 Å². The Balaban J connectivity index is 1.49. The van der Waals surface area contributed by atoms with Crippen LogP contribution < -0.4 is 15.4 Å². The van der Waals surface area contributed by atoms with E-state index in [9.17, 15) is 18.0 Å². The first-order valence-corrected chi connectivity index (χ1v) is 19.4. The van der Waals surface area contributed by atoms with Gasteiger partial charge in [-0.15, -0.1) is 11.3 Å². The number of hydrogen-bond donors (Lipinski definition) is 3. The Bertz CT molecular complexity index is 1390. The van der Waals surface area contributed by atoms with E-state index in [4.69, 9.17) is 9.47 Å². The Morgan fingerprint density at radius 2 is 1.88 bits per heavy atom. The second kappa shape index (κ2) is 14.1. The summed E-state index contributed by atoms with van der Waals surface area (Å²) in [6.07, 6.45) is 5.49. The summed E-state index contributed by atoms with van der Waals surface area (Å²) < 4.78 is 43.0. The van der Waals surface area contributed by atoms with E-state index >= 15 is 0 Å². The maximum Gasteiger partial charge on any atom is 0.411 e. The van der Waals surface area contributed by atoms with Crippen LogP contribution in [0.4, 0.5) is 15.3 Å². The molecule has 0 radical (unpaired) electrons. The van der Waals surface area contributed by atoms with Crippen LogP contribution in [0.2, 0.25) is 6.04 Å². The van der Waals surface area contributed by atoms with Crippen molar-refractivity contribution in [3.8, 4) is 10.4 Å². The fraction of sp³-hybridized carbons (Fsp3) is 0.621. The predicted octanol–water partition coefficient (Wildman–Crippen LogP) is 5.19. The minimum absolute atomic E-state index is 0.0651. The molecule has 1 atom stereocenters. The molecule has 1 aliphatic carbocycles. The van der Waals surface area contributed by atoms with Gasteiger partial charge in [0.05, 0.1) is 27.1 Å². The highest BCUT2D eigenvalue weighted by Crippen LogP contribution is 2.40. The van der Waals surface area contributed by atoms with Crippen LogP contribution in [-0.2, 0) is 19.5 Å². The molecule has 2 aliphatic rings. The molecular formula is C29H45N5O6S2Si. The van der Waals surface area contributed by atoms with Crippen molar-refractivity contribution in [1.82, 2.24) is 19.6 Å². The normalized spacial score (nSPS) is 21.5. The number of alkyl carbamates (subject to hydrolysis) is 1. The summed E-state index contributed by atoms with van der Waals surface area (Å²) in [7, 11) is -3.14. The highest BCUT2D eigenvalue weighted by Gasteiger charge is 2.30. The highest BCUT2D eigenvalue weighted by molar-refractivity contribution is 7.89. The van der Waals surface area contributed by atoms with Gasteiger partial charge in [-0.2, -0.15) is 0 Å². The standard InChI is InChI=1S/C29H45N5O6S2Si/c1-19(2)40-28(36)31-21-10-8-20(9-11-21)26-30-17-24(41-26)23-13-12-22(16-25(23)42(37,38)33-29(3,4)5)32-27(35)39-18-43-15-7-14-34(43)6/h12-13,16-17,19-21,33,43H,7-11,14-15,18H2,1-6H3,(H,31,36)(H,32,35)/t20?,21?,43-/m0/s1. The van der Waals surface area contributed by atoms with Gasteiger partial charge in [0.2, 0.25) is 10.0 Å². The number of carbonyl (C=O) groups is 2. The first-order valence-electron chi connectivity index (χ1n) is 15.0. The van der Waals surface area contributed by atoms with Gasteiger partial charge in [0.1, 0.15) is 0 Å². The van der Waals surface area contributed by atoms with E-state index < -0.39 is 30.6 Å². The van der Waals surface area contributed by atoms with Crippen LogP contribution in [0.15, 0.2) is 29.3 Å². The first kappa shape index (κ1) is 33.4. The van der Waals surface area contributed by atoms with Gasteiger partial charge in [-0.25, -0.2) is 27.7 Å². The molecule has 2 amide bonds. The molecule has 1 saturated carbocycles. The van der Waals surface area contributed by atoms with Crippen LogP contribution in [0.25, 0.3) is 10.4 Å². The Morgan fingerprint density at radius 3 is 2.51 bits per heavy atom. The zero-order chi connectivity index (χ0) is 31.4. The van der Waals surface area contributed by atoms with Gasteiger partial charge in [0.25, 0.3) is 0 Å². The third-order valence-electron chi connectivity index (χ3n) is 7.57. The Kier molecular flexibility index (Phi) is 10.9. The molecule has 4 rings (SSSR count). The van der Waals surface area contributed by atoms with Gasteiger partial charge < -0.3 is 19.4 Å². The van der Waals surface area contributed by atoms with Crippen molar-refractivity contribution in [3.05, 3.63) is 29.4 Å². The molecule has 14 heteroatoms. The maximum absolute atomic E-state index is 13.6. The van der Waals surface area contributed by atoms with Crippen molar-refractivity contribution >= 4 is 48.2 Å². The van der Waals surface area contributed by atoms with Gasteiger partial charge in [0.15, 0.2) is 8.96 Å². The molecule has 2 heterocycles. The summed E-state index contributed by atoms with van der Waals surface area (Å²) in [6.45, 7) is 10.0. The summed E-state index contributed by atoms with van der Waals surface area (Å²) in [5.74, 6) is 0.226. The van der Waals surface area contributed by atoms with Crippen molar-refractivity contribution in [3.63, 3.8) is 0 Å². The van der Waals surface area contributed by atoms with Crippen LogP contribution >= 0.6 is 11.3 Å². The molecule has 1 aliphatic heterocycles. The Hall–Kier alpha value is -2.52. The SMILES string of the molecule is CC(C)OC(=O)NC1CCC(c2ncc(-c3ccc(NC(=O)OC[Si@@H]4CCCN4C)cc3S(=O)(=O)NC(C)(C)C)s2)CC1. The Morgan fingerprint density at radius 1 is 1.16 bits per heavy atom. The number of nitrogens with zero attached hydrogens (tertiary/aromatic N) is 2. The summed E-state index contributed by atoms with van der Waals surface area (Å²) >= 11 is 1.48. The molecule has 2 fully saturated rings. The molecule has 3 N–H and O–H groups in total. The largest absolute Gasteiger partial charge is 0.452 e. The molecule has 2 aromatic rings. The quantitative estimate of drug-likeness (QED) is 0.315. The van der Waals surface area contributed by atoms with Crippen molar-refractivity contribution in [1.29, 1.82) is 0 Å². The van der Waals surface area contributed by atoms with Crippen molar-refractivity contribution in [2.75, 3.05) is 25.1 Å². The molecule has 0 unspecified atom stereocenters. The number of benzene rings is 1. The van der Waals surface area contributed by atoms with E-state index in [0.29, 0.717) is 17.5 Å². The van der Waals surface area contributed by atoms with Crippen LogP contribution in [0, 0.1) is 0 Å². The number of hydrogen-bond acceptors (Lipinski definition) is 9. The topological polar surface area (TPSA) is 139 Å². The number of amides is 2. The summed E-state index contributed by atoms with van der Waals surface area (Å²) in [5, 5.41) is 6.61. The molecule has 1 aromatic carbocycles. The minimum atomic E-state index is -3.95. The van der Waals surface area contributed by atoms with E-state index in [1.54, 1.807) is 39.1 Å². The van der Waals surface area contributed by atoms with E-state index in [0.717, 1.165) is 54.6 Å². The fourth-order valence-corrected chi connectivity index (χ4v) is 10.8. The molecule has 11 nitrogen and oxygen atoms in total. The number of sulfonamides is 1. The second-order valence-electron chi connectivity index (χ2n) is 12.8. The fourth-order valence-electron chi connectivity index (χ4n) is 5.50. The van der Waals surface area contributed by atoms with Gasteiger partial charge in [0, 0.05) is 34.9 Å². The highest BCUT2D eigenvalue weighted by atomic mass is 32.2. The zero-order valence-corrected chi connectivity index (χ0v) is 28.7. The van der Waals surface area contributed by atoms with Crippen molar-refractivity contribution in [2.45, 2.75) is 101 Å². The average molecular weight is 652 g/mol. The summed E-state index contributed by atoms with van der Waals surface area (Å²) in [5.41, 5.74) is 0.158. The summed E-state index contributed by atoms with van der Waals surface area (Å²) in [4.78, 5) is 30.1.